The summed E-state index contributed by atoms with van der Waals surface area (Å²) in [7, 11) is -1.28. The average Bonchev–Trinajstić information content (AvgIpc) is 3.08. The third-order valence-corrected chi connectivity index (χ3v) is 6.02. The molecule has 124 valence electrons. The van der Waals surface area contributed by atoms with E-state index in [1.54, 1.807) is 11.9 Å². The fourth-order valence-electron chi connectivity index (χ4n) is 2.88. The Hall–Kier alpha value is -1.89. The molecule has 2 aromatic rings. The van der Waals surface area contributed by atoms with Gasteiger partial charge in [0.25, 0.3) is 0 Å². The zero-order valence-corrected chi connectivity index (χ0v) is 13.9. The molecule has 0 N–H and O–H groups in total. The van der Waals surface area contributed by atoms with Crippen LogP contribution in [0, 0.1) is 0 Å². The topological polar surface area (TPSA) is 80.5 Å². The van der Waals surface area contributed by atoms with Crippen LogP contribution in [0.2, 0.25) is 0 Å². The molecule has 0 bridgehead atoms. The second kappa shape index (κ2) is 6.31. The monoisotopic (exact) mass is 336 g/mol. The maximum Gasteiger partial charge on any atom is 0.222 e. The van der Waals surface area contributed by atoms with E-state index in [-0.39, 0.29) is 23.5 Å². The maximum atomic E-state index is 12.2. The molecule has 1 atom stereocenters. The van der Waals surface area contributed by atoms with E-state index < -0.39 is 9.84 Å². The van der Waals surface area contributed by atoms with Crippen LogP contribution in [0.3, 0.4) is 0 Å². The van der Waals surface area contributed by atoms with Crippen LogP contribution >= 0.6 is 0 Å². The molecule has 0 radical (unpaired) electrons. The van der Waals surface area contributed by atoms with Gasteiger partial charge < -0.3 is 9.32 Å². The van der Waals surface area contributed by atoms with Gasteiger partial charge in [-0.15, -0.1) is 0 Å². The lowest BCUT2D eigenvalue weighted by molar-refractivity contribution is -0.131. The van der Waals surface area contributed by atoms with Gasteiger partial charge in [-0.3, -0.25) is 4.79 Å². The van der Waals surface area contributed by atoms with E-state index in [4.69, 9.17) is 4.42 Å². The number of carbonyl (C=O) groups excluding carboxylic acids is 1. The molecule has 6 nitrogen and oxygen atoms in total. The normalized spacial score (nSPS) is 20.0. The van der Waals surface area contributed by atoms with E-state index in [9.17, 15) is 13.2 Å². The van der Waals surface area contributed by atoms with E-state index in [0.717, 1.165) is 11.1 Å². The van der Waals surface area contributed by atoms with Crippen molar-refractivity contribution in [2.75, 3.05) is 18.6 Å². The van der Waals surface area contributed by atoms with Gasteiger partial charge in [0.15, 0.2) is 21.3 Å². The first-order valence-corrected chi connectivity index (χ1v) is 9.57. The number of para-hydroxylation sites is 2. The van der Waals surface area contributed by atoms with Crippen molar-refractivity contribution in [1.29, 1.82) is 0 Å². The molecule has 0 unspecified atom stereocenters. The molecule has 1 aliphatic rings. The molecule has 3 rings (SSSR count). The highest BCUT2D eigenvalue weighted by Crippen LogP contribution is 2.19. The summed E-state index contributed by atoms with van der Waals surface area (Å²) >= 11 is 0. The van der Waals surface area contributed by atoms with Gasteiger partial charge in [0.2, 0.25) is 5.91 Å². The van der Waals surface area contributed by atoms with E-state index >= 15 is 0 Å². The lowest BCUT2D eigenvalue weighted by Gasteiger charge is -2.23. The van der Waals surface area contributed by atoms with E-state index in [1.165, 1.54) is 0 Å². The number of rotatable bonds is 5. The van der Waals surface area contributed by atoms with Gasteiger partial charge in [-0.2, -0.15) is 0 Å². The fourth-order valence-corrected chi connectivity index (χ4v) is 4.65. The Labute approximate surface area is 135 Å². The number of carbonyl (C=O) groups is 1. The zero-order chi connectivity index (χ0) is 16.4. The van der Waals surface area contributed by atoms with Crippen molar-refractivity contribution in [2.24, 2.45) is 0 Å². The van der Waals surface area contributed by atoms with Crippen LogP contribution in [-0.2, 0) is 21.1 Å². The van der Waals surface area contributed by atoms with Crippen LogP contribution in [0.25, 0.3) is 11.1 Å². The minimum atomic E-state index is -2.97. The summed E-state index contributed by atoms with van der Waals surface area (Å²) in [6.45, 7) is 0. The minimum Gasteiger partial charge on any atom is -0.441 e. The van der Waals surface area contributed by atoms with E-state index in [1.807, 2.05) is 24.3 Å². The predicted octanol–water partition coefficient (Wildman–Crippen LogP) is 1.80. The van der Waals surface area contributed by atoms with Crippen molar-refractivity contribution in [3.63, 3.8) is 0 Å². The summed E-state index contributed by atoms with van der Waals surface area (Å²) in [6.07, 6.45) is 2.13. The lowest BCUT2D eigenvalue weighted by Crippen LogP contribution is -2.37. The van der Waals surface area contributed by atoms with Crippen LogP contribution in [0.1, 0.15) is 25.2 Å². The van der Waals surface area contributed by atoms with Crippen molar-refractivity contribution in [3.05, 3.63) is 30.2 Å². The number of nitrogens with zero attached hydrogens (tertiary/aromatic N) is 2. The molecular formula is C16H20N2O4S. The second-order valence-electron chi connectivity index (χ2n) is 5.99. The standard InChI is InChI=1S/C16H20N2O4S/c1-18(12-9-10-23(20,21)11-12)16(19)8-4-7-15-17-13-5-2-3-6-14(13)22-15/h2-3,5-6,12H,4,7-11H2,1H3/t12-/m1/s1. The number of benzene rings is 1. The van der Waals surface area contributed by atoms with Crippen molar-refractivity contribution in [1.82, 2.24) is 9.88 Å². The fraction of sp³-hybridized carbons (Fsp3) is 0.500. The third kappa shape index (κ3) is 3.72. The zero-order valence-electron chi connectivity index (χ0n) is 13.1. The van der Waals surface area contributed by atoms with Gasteiger partial charge in [0, 0.05) is 25.9 Å². The number of sulfone groups is 1. The molecule has 0 aliphatic carbocycles. The highest BCUT2D eigenvalue weighted by Gasteiger charge is 2.32. The first-order chi connectivity index (χ1) is 10.9. The first kappa shape index (κ1) is 16.0. The molecule has 0 spiro atoms. The van der Waals surface area contributed by atoms with Gasteiger partial charge in [0.1, 0.15) is 5.52 Å². The summed E-state index contributed by atoms with van der Waals surface area (Å²) in [5.41, 5.74) is 1.57. The number of hydrogen-bond acceptors (Lipinski definition) is 5. The highest BCUT2D eigenvalue weighted by molar-refractivity contribution is 7.91. The smallest absolute Gasteiger partial charge is 0.222 e. The Kier molecular flexibility index (Phi) is 4.39. The molecule has 1 aromatic carbocycles. The van der Waals surface area contributed by atoms with Crippen LogP contribution < -0.4 is 0 Å². The van der Waals surface area contributed by atoms with Gasteiger partial charge in [0.05, 0.1) is 11.5 Å². The summed E-state index contributed by atoms with van der Waals surface area (Å²) in [5, 5.41) is 0. The SMILES string of the molecule is CN(C(=O)CCCc1nc2ccccc2o1)[C@@H]1CCS(=O)(=O)C1. The highest BCUT2D eigenvalue weighted by atomic mass is 32.2. The van der Waals surface area contributed by atoms with Crippen molar-refractivity contribution >= 4 is 26.8 Å². The average molecular weight is 336 g/mol. The summed E-state index contributed by atoms with van der Waals surface area (Å²) < 4.78 is 28.6. The maximum absolute atomic E-state index is 12.2. The summed E-state index contributed by atoms with van der Waals surface area (Å²) in [6, 6.07) is 7.37. The largest absolute Gasteiger partial charge is 0.441 e. The van der Waals surface area contributed by atoms with Crippen molar-refractivity contribution < 1.29 is 17.6 Å². The molecule has 1 amide bonds. The Morgan fingerprint density at radius 3 is 2.87 bits per heavy atom. The number of hydrogen-bond donors (Lipinski definition) is 0. The Morgan fingerprint density at radius 1 is 1.39 bits per heavy atom. The number of amides is 1. The number of aryl methyl sites for hydroxylation is 1. The van der Waals surface area contributed by atoms with Crippen molar-refractivity contribution in [3.8, 4) is 0 Å². The Morgan fingerprint density at radius 2 is 2.17 bits per heavy atom. The molecule has 0 saturated carbocycles. The summed E-state index contributed by atoms with van der Waals surface area (Å²) in [5.74, 6) is 0.867. The van der Waals surface area contributed by atoms with Gasteiger partial charge in [-0.1, -0.05) is 12.1 Å². The number of aromatic nitrogens is 1. The molecule has 1 aromatic heterocycles. The molecule has 23 heavy (non-hydrogen) atoms. The molecule has 7 heteroatoms. The van der Waals surface area contributed by atoms with E-state index in [0.29, 0.717) is 31.6 Å². The second-order valence-corrected chi connectivity index (χ2v) is 8.22. The van der Waals surface area contributed by atoms with Crippen LogP contribution in [0.5, 0.6) is 0 Å². The van der Waals surface area contributed by atoms with Crippen LogP contribution in [0.15, 0.2) is 28.7 Å². The quantitative estimate of drug-likeness (QED) is 0.831. The molecule has 1 saturated heterocycles. The Balaban J connectivity index is 1.51. The van der Waals surface area contributed by atoms with Gasteiger partial charge in [-0.25, -0.2) is 13.4 Å². The molecule has 2 heterocycles. The van der Waals surface area contributed by atoms with E-state index in [2.05, 4.69) is 4.98 Å². The van der Waals surface area contributed by atoms with Gasteiger partial charge in [-0.05, 0) is 25.0 Å². The third-order valence-electron chi connectivity index (χ3n) is 4.27. The first-order valence-electron chi connectivity index (χ1n) is 7.75. The molecule has 1 fully saturated rings. The number of fused-ring (bicyclic) bond motifs is 1. The molecular weight excluding hydrogens is 316 g/mol. The lowest BCUT2D eigenvalue weighted by atomic mass is 10.2. The van der Waals surface area contributed by atoms with Crippen molar-refractivity contribution in [2.45, 2.75) is 31.7 Å². The Bertz CT molecular complexity index is 779. The predicted molar refractivity (Wildman–Crippen MR) is 86.8 cm³/mol. The summed E-state index contributed by atoms with van der Waals surface area (Å²) in [4.78, 5) is 18.1. The minimum absolute atomic E-state index is 0.0248. The molecule has 1 aliphatic heterocycles. The van der Waals surface area contributed by atoms with Crippen LogP contribution in [-0.4, -0.2) is 48.8 Å². The number of oxazole rings is 1. The van der Waals surface area contributed by atoms with Gasteiger partial charge >= 0.3 is 0 Å². The van der Waals surface area contributed by atoms with Crippen LogP contribution in [0.4, 0.5) is 0 Å².